The van der Waals surface area contributed by atoms with Crippen LogP contribution in [0.4, 0.5) is 0 Å². The fourth-order valence-electron chi connectivity index (χ4n) is 2.67. The van der Waals surface area contributed by atoms with Crippen molar-refractivity contribution in [3.8, 4) is 11.5 Å². The lowest BCUT2D eigenvalue weighted by Crippen LogP contribution is -2.16. The molecule has 4 heteroatoms. The zero-order chi connectivity index (χ0) is 16.8. The minimum Gasteiger partial charge on any atom is -0.496 e. The highest BCUT2D eigenvalue weighted by atomic mass is 16.5. The van der Waals surface area contributed by atoms with Crippen LogP contribution in [0.2, 0.25) is 0 Å². The number of rotatable bonds is 7. The quantitative estimate of drug-likeness (QED) is 0.840. The molecule has 0 bridgehead atoms. The molecule has 122 valence electrons. The Morgan fingerprint density at radius 1 is 1.09 bits per heavy atom. The van der Waals surface area contributed by atoms with Crippen molar-refractivity contribution >= 4 is 5.97 Å². The second-order valence-electron chi connectivity index (χ2n) is 5.49. The van der Waals surface area contributed by atoms with Crippen LogP contribution in [0.15, 0.2) is 42.5 Å². The highest BCUT2D eigenvalue weighted by Gasteiger charge is 2.23. The van der Waals surface area contributed by atoms with E-state index in [1.165, 1.54) is 0 Å². The number of aliphatic carboxylic acids is 1. The number of hydrogen-bond donors (Lipinski definition) is 1. The van der Waals surface area contributed by atoms with Crippen LogP contribution in [0.1, 0.15) is 29.0 Å². The molecule has 0 saturated heterocycles. The molecule has 2 aromatic rings. The Morgan fingerprint density at radius 3 is 2.35 bits per heavy atom. The largest absolute Gasteiger partial charge is 0.496 e. The molecule has 0 radical (unpaired) electrons. The van der Waals surface area contributed by atoms with Crippen molar-refractivity contribution in [3.05, 3.63) is 59.2 Å². The van der Waals surface area contributed by atoms with Crippen LogP contribution in [0.5, 0.6) is 11.5 Å². The maximum Gasteiger partial charge on any atom is 0.311 e. The molecular formula is C19H22O4. The summed E-state index contributed by atoms with van der Waals surface area (Å²) in [6.07, 6.45) is 0.378. The SMILES string of the molecule is COc1ccccc1C(CCOc1c(C)cccc1C)C(=O)O. The smallest absolute Gasteiger partial charge is 0.311 e. The van der Waals surface area contributed by atoms with Gasteiger partial charge in [-0.3, -0.25) is 4.79 Å². The molecule has 1 unspecified atom stereocenters. The van der Waals surface area contributed by atoms with E-state index >= 15 is 0 Å². The number of carbonyl (C=O) groups is 1. The Bertz CT molecular complexity index is 659. The molecule has 1 N–H and O–H groups in total. The van der Waals surface area contributed by atoms with E-state index in [9.17, 15) is 9.90 Å². The molecule has 1 atom stereocenters. The maximum absolute atomic E-state index is 11.6. The Hall–Kier alpha value is -2.49. The van der Waals surface area contributed by atoms with Crippen molar-refractivity contribution in [2.45, 2.75) is 26.2 Å². The van der Waals surface area contributed by atoms with Gasteiger partial charge in [0.15, 0.2) is 0 Å². The molecule has 2 rings (SSSR count). The van der Waals surface area contributed by atoms with Gasteiger partial charge in [0.05, 0.1) is 19.6 Å². The first kappa shape index (κ1) is 16.9. The van der Waals surface area contributed by atoms with Gasteiger partial charge >= 0.3 is 5.97 Å². The van der Waals surface area contributed by atoms with Crippen LogP contribution < -0.4 is 9.47 Å². The van der Waals surface area contributed by atoms with Crippen molar-refractivity contribution < 1.29 is 19.4 Å². The van der Waals surface area contributed by atoms with Crippen LogP contribution in [-0.4, -0.2) is 24.8 Å². The number of para-hydroxylation sites is 2. The van der Waals surface area contributed by atoms with E-state index in [0.29, 0.717) is 24.3 Å². The van der Waals surface area contributed by atoms with Crippen molar-refractivity contribution in [2.75, 3.05) is 13.7 Å². The van der Waals surface area contributed by atoms with Crippen molar-refractivity contribution in [2.24, 2.45) is 0 Å². The molecule has 0 aliphatic carbocycles. The van der Waals surface area contributed by atoms with Crippen molar-refractivity contribution in [3.63, 3.8) is 0 Å². The zero-order valence-electron chi connectivity index (χ0n) is 13.7. The van der Waals surface area contributed by atoms with Gasteiger partial charge < -0.3 is 14.6 Å². The summed E-state index contributed by atoms with van der Waals surface area (Å²) in [6, 6.07) is 13.2. The first-order valence-corrected chi connectivity index (χ1v) is 7.59. The summed E-state index contributed by atoms with van der Waals surface area (Å²) < 4.78 is 11.1. The number of carboxylic acids is 1. The molecule has 0 aliphatic heterocycles. The lowest BCUT2D eigenvalue weighted by molar-refractivity contribution is -0.139. The van der Waals surface area contributed by atoms with Gasteiger partial charge in [-0.15, -0.1) is 0 Å². The highest BCUT2D eigenvalue weighted by molar-refractivity contribution is 5.77. The van der Waals surface area contributed by atoms with Gasteiger partial charge in [-0.25, -0.2) is 0 Å². The fourth-order valence-corrected chi connectivity index (χ4v) is 2.67. The van der Waals surface area contributed by atoms with Gasteiger partial charge in [-0.1, -0.05) is 36.4 Å². The van der Waals surface area contributed by atoms with Gasteiger partial charge in [0, 0.05) is 5.56 Å². The number of carboxylic acid groups (broad SMARTS) is 1. The van der Waals surface area contributed by atoms with E-state index in [1.807, 2.05) is 44.2 Å². The van der Waals surface area contributed by atoms with E-state index in [4.69, 9.17) is 9.47 Å². The second-order valence-corrected chi connectivity index (χ2v) is 5.49. The first-order chi connectivity index (χ1) is 11.0. The summed E-state index contributed by atoms with van der Waals surface area (Å²) >= 11 is 0. The number of aryl methyl sites for hydroxylation is 2. The molecule has 0 fully saturated rings. The fraction of sp³-hybridized carbons (Fsp3) is 0.316. The Morgan fingerprint density at radius 2 is 1.74 bits per heavy atom. The van der Waals surface area contributed by atoms with Crippen LogP contribution in [0, 0.1) is 13.8 Å². The summed E-state index contributed by atoms with van der Waals surface area (Å²) in [6.45, 7) is 4.30. The average Bonchev–Trinajstić information content (AvgIpc) is 2.53. The lowest BCUT2D eigenvalue weighted by atomic mass is 9.95. The molecule has 0 aliphatic rings. The van der Waals surface area contributed by atoms with Gasteiger partial charge in [0.2, 0.25) is 0 Å². The number of benzene rings is 2. The van der Waals surface area contributed by atoms with Crippen LogP contribution >= 0.6 is 0 Å². The lowest BCUT2D eigenvalue weighted by Gasteiger charge is -2.17. The Labute approximate surface area is 136 Å². The third-order valence-electron chi connectivity index (χ3n) is 3.87. The van der Waals surface area contributed by atoms with Gasteiger partial charge in [-0.2, -0.15) is 0 Å². The minimum atomic E-state index is -0.875. The van der Waals surface area contributed by atoms with E-state index < -0.39 is 11.9 Å². The highest BCUT2D eigenvalue weighted by Crippen LogP contribution is 2.30. The molecule has 2 aromatic carbocycles. The predicted octanol–water partition coefficient (Wildman–Crippen LogP) is 3.95. The van der Waals surface area contributed by atoms with E-state index in [-0.39, 0.29) is 0 Å². The predicted molar refractivity (Wildman–Crippen MR) is 89.4 cm³/mol. The second kappa shape index (κ2) is 7.68. The summed E-state index contributed by atoms with van der Waals surface area (Å²) in [4.78, 5) is 11.6. The molecule has 4 nitrogen and oxygen atoms in total. The normalized spacial score (nSPS) is 11.8. The number of hydrogen-bond acceptors (Lipinski definition) is 3. The Balaban J connectivity index is 2.11. The van der Waals surface area contributed by atoms with E-state index in [2.05, 4.69) is 0 Å². The summed E-state index contributed by atoms with van der Waals surface area (Å²) in [7, 11) is 1.55. The molecule has 0 aromatic heterocycles. The number of ether oxygens (including phenoxy) is 2. The van der Waals surface area contributed by atoms with E-state index in [0.717, 1.165) is 16.9 Å². The first-order valence-electron chi connectivity index (χ1n) is 7.59. The van der Waals surface area contributed by atoms with Gasteiger partial charge in [-0.05, 0) is 37.5 Å². The Kier molecular flexibility index (Phi) is 5.63. The average molecular weight is 314 g/mol. The maximum atomic E-state index is 11.6. The molecule has 0 spiro atoms. The van der Waals surface area contributed by atoms with Gasteiger partial charge in [0.1, 0.15) is 11.5 Å². The topological polar surface area (TPSA) is 55.8 Å². The van der Waals surface area contributed by atoms with Crippen molar-refractivity contribution in [1.29, 1.82) is 0 Å². The van der Waals surface area contributed by atoms with Crippen LogP contribution in [0.25, 0.3) is 0 Å². The summed E-state index contributed by atoms with van der Waals surface area (Å²) in [5.41, 5.74) is 2.77. The molecule has 0 saturated carbocycles. The van der Waals surface area contributed by atoms with Crippen molar-refractivity contribution in [1.82, 2.24) is 0 Å². The number of methoxy groups -OCH3 is 1. The molecule has 0 amide bonds. The van der Waals surface area contributed by atoms with E-state index in [1.54, 1.807) is 19.2 Å². The molecule has 23 heavy (non-hydrogen) atoms. The third-order valence-corrected chi connectivity index (χ3v) is 3.87. The molecular weight excluding hydrogens is 292 g/mol. The third kappa shape index (κ3) is 4.03. The minimum absolute atomic E-state index is 0.334. The summed E-state index contributed by atoms with van der Waals surface area (Å²) in [5.74, 6) is -0.112. The van der Waals surface area contributed by atoms with Crippen LogP contribution in [0.3, 0.4) is 0 Å². The summed E-state index contributed by atoms with van der Waals surface area (Å²) in [5, 5.41) is 9.54. The zero-order valence-corrected chi connectivity index (χ0v) is 13.7. The molecule has 0 heterocycles. The van der Waals surface area contributed by atoms with Crippen LogP contribution in [-0.2, 0) is 4.79 Å². The monoisotopic (exact) mass is 314 g/mol. The standard InChI is InChI=1S/C19H22O4/c1-13-7-6-8-14(2)18(13)23-12-11-16(19(20)21)15-9-4-5-10-17(15)22-3/h4-10,16H,11-12H2,1-3H3,(H,20,21). The van der Waals surface area contributed by atoms with Gasteiger partial charge in [0.25, 0.3) is 0 Å².